The number of sulfone groups is 1. The van der Waals surface area contributed by atoms with Crippen molar-refractivity contribution in [2.24, 2.45) is 5.92 Å². The number of hydrogen-bond acceptors (Lipinski definition) is 4. The van der Waals surface area contributed by atoms with Crippen LogP contribution in [0.2, 0.25) is 10.0 Å². The normalized spacial score (nSPS) is 15.8. The van der Waals surface area contributed by atoms with Gasteiger partial charge in [-0.3, -0.25) is 4.98 Å². The molecule has 1 aliphatic rings. The Kier molecular flexibility index (Phi) is 5.44. The van der Waals surface area contributed by atoms with Crippen molar-refractivity contribution in [3.63, 3.8) is 0 Å². The van der Waals surface area contributed by atoms with Crippen molar-refractivity contribution in [2.45, 2.75) is 29.6 Å². The van der Waals surface area contributed by atoms with E-state index in [0.717, 1.165) is 12.8 Å². The number of piperidine rings is 1. The van der Waals surface area contributed by atoms with Gasteiger partial charge >= 0.3 is 0 Å². The average molecular weight is 453 g/mol. The molecule has 0 spiro atoms. The van der Waals surface area contributed by atoms with Crippen molar-refractivity contribution >= 4 is 49.6 Å². The van der Waals surface area contributed by atoms with Gasteiger partial charge in [-0.2, -0.15) is 0 Å². The van der Waals surface area contributed by atoms with Gasteiger partial charge in [-0.25, -0.2) is 12.8 Å². The molecule has 2 aromatic carbocycles. The lowest BCUT2D eigenvalue weighted by molar-refractivity contribution is 0.437. The quantitative estimate of drug-likeness (QED) is 0.507. The SMILES string of the molecule is CC1CCN(c2c(S(=O)(=O)c3cc(Cl)cc(Cl)c3)cnc3c(F)cccc23)CC1. The van der Waals surface area contributed by atoms with E-state index in [1.54, 1.807) is 12.1 Å². The van der Waals surface area contributed by atoms with E-state index >= 15 is 0 Å². The Morgan fingerprint density at radius 3 is 2.41 bits per heavy atom. The lowest BCUT2D eigenvalue weighted by Crippen LogP contribution is -2.34. The lowest BCUT2D eigenvalue weighted by Gasteiger charge is -2.34. The van der Waals surface area contributed by atoms with E-state index in [1.807, 2.05) is 4.90 Å². The summed E-state index contributed by atoms with van der Waals surface area (Å²) in [5.41, 5.74) is 0.640. The van der Waals surface area contributed by atoms with Gasteiger partial charge < -0.3 is 4.90 Å². The Balaban J connectivity index is 1.98. The molecule has 1 saturated heterocycles. The van der Waals surface area contributed by atoms with Gasteiger partial charge in [0, 0.05) is 34.7 Å². The van der Waals surface area contributed by atoms with E-state index in [0.29, 0.717) is 30.1 Å². The first-order chi connectivity index (χ1) is 13.8. The summed E-state index contributed by atoms with van der Waals surface area (Å²) in [4.78, 5) is 6.17. The number of pyridine rings is 1. The highest BCUT2D eigenvalue weighted by Gasteiger charge is 2.29. The number of fused-ring (bicyclic) bond motifs is 1. The summed E-state index contributed by atoms with van der Waals surface area (Å²) >= 11 is 12.1. The minimum absolute atomic E-state index is 0.0146. The molecule has 4 nitrogen and oxygen atoms in total. The van der Waals surface area contributed by atoms with Gasteiger partial charge in [0.1, 0.15) is 16.2 Å². The maximum atomic E-state index is 14.4. The molecule has 152 valence electrons. The number of rotatable bonds is 3. The van der Waals surface area contributed by atoms with Crippen LogP contribution in [0, 0.1) is 11.7 Å². The lowest BCUT2D eigenvalue weighted by atomic mass is 9.98. The molecule has 3 aromatic rings. The molecule has 29 heavy (non-hydrogen) atoms. The Labute approximate surface area is 179 Å². The zero-order chi connectivity index (χ0) is 20.8. The number of halogens is 3. The first kappa shape index (κ1) is 20.4. The van der Waals surface area contributed by atoms with Crippen LogP contribution in [0.3, 0.4) is 0 Å². The van der Waals surface area contributed by atoms with E-state index in [4.69, 9.17) is 23.2 Å². The van der Waals surface area contributed by atoms with Gasteiger partial charge in [0.15, 0.2) is 0 Å². The van der Waals surface area contributed by atoms with Crippen LogP contribution in [0.5, 0.6) is 0 Å². The first-order valence-electron chi connectivity index (χ1n) is 9.30. The number of para-hydroxylation sites is 1. The third-order valence-electron chi connectivity index (χ3n) is 5.32. The van der Waals surface area contributed by atoms with Gasteiger partial charge in [0.25, 0.3) is 0 Å². The number of hydrogen-bond donors (Lipinski definition) is 0. The molecule has 4 rings (SSSR count). The third-order valence-corrected chi connectivity index (χ3v) is 7.49. The third kappa shape index (κ3) is 3.81. The highest BCUT2D eigenvalue weighted by atomic mass is 35.5. The zero-order valence-electron chi connectivity index (χ0n) is 15.7. The van der Waals surface area contributed by atoms with Gasteiger partial charge in [0.2, 0.25) is 9.84 Å². The van der Waals surface area contributed by atoms with Crippen LogP contribution in [0.4, 0.5) is 10.1 Å². The summed E-state index contributed by atoms with van der Waals surface area (Å²) in [6, 6.07) is 8.80. The van der Waals surface area contributed by atoms with Crippen molar-refractivity contribution in [1.29, 1.82) is 0 Å². The monoisotopic (exact) mass is 452 g/mol. The van der Waals surface area contributed by atoms with Crippen molar-refractivity contribution in [1.82, 2.24) is 4.98 Å². The maximum Gasteiger partial charge on any atom is 0.210 e. The molecule has 0 saturated carbocycles. The molecule has 0 bridgehead atoms. The minimum atomic E-state index is -3.98. The molecule has 0 unspecified atom stereocenters. The highest BCUT2D eigenvalue weighted by molar-refractivity contribution is 7.91. The van der Waals surface area contributed by atoms with Crippen LogP contribution in [-0.4, -0.2) is 26.5 Å². The summed E-state index contributed by atoms with van der Waals surface area (Å²) in [5, 5.41) is 0.933. The van der Waals surface area contributed by atoms with Crippen molar-refractivity contribution in [2.75, 3.05) is 18.0 Å². The van der Waals surface area contributed by atoms with E-state index < -0.39 is 15.7 Å². The Hall–Kier alpha value is -1.89. The van der Waals surface area contributed by atoms with Crippen molar-refractivity contribution in [3.05, 3.63) is 58.5 Å². The first-order valence-corrected chi connectivity index (χ1v) is 11.5. The number of benzene rings is 2. The molecular weight excluding hydrogens is 434 g/mol. The molecule has 1 fully saturated rings. The summed E-state index contributed by atoms with van der Waals surface area (Å²) < 4.78 is 41.4. The minimum Gasteiger partial charge on any atom is -0.370 e. The fourth-order valence-corrected chi connectivity index (χ4v) is 5.88. The molecule has 1 aromatic heterocycles. The van der Waals surface area contributed by atoms with Crippen LogP contribution >= 0.6 is 23.2 Å². The van der Waals surface area contributed by atoms with Crippen LogP contribution in [0.1, 0.15) is 19.8 Å². The Morgan fingerprint density at radius 1 is 1.10 bits per heavy atom. The van der Waals surface area contributed by atoms with Crippen LogP contribution in [-0.2, 0) is 9.84 Å². The molecule has 0 atom stereocenters. The van der Waals surface area contributed by atoms with E-state index in [2.05, 4.69) is 11.9 Å². The molecule has 0 aliphatic carbocycles. The van der Waals surface area contributed by atoms with Crippen molar-refractivity contribution < 1.29 is 12.8 Å². The second-order valence-corrected chi connectivity index (χ2v) is 10.2. The summed E-state index contributed by atoms with van der Waals surface area (Å²) in [7, 11) is -3.98. The Morgan fingerprint density at radius 2 is 1.76 bits per heavy atom. The predicted molar refractivity (Wildman–Crippen MR) is 114 cm³/mol. The van der Waals surface area contributed by atoms with Crippen LogP contribution in [0.15, 0.2) is 52.4 Å². The van der Waals surface area contributed by atoms with Gasteiger partial charge in [-0.05, 0) is 43.0 Å². The smallest absolute Gasteiger partial charge is 0.210 e. The number of anilines is 1. The number of aromatic nitrogens is 1. The molecule has 0 amide bonds. The molecule has 2 heterocycles. The molecule has 0 N–H and O–H groups in total. The highest BCUT2D eigenvalue weighted by Crippen LogP contribution is 2.39. The average Bonchev–Trinajstić information content (AvgIpc) is 2.67. The number of nitrogens with zero attached hydrogens (tertiary/aromatic N) is 2. The summed E-state index contributed by atoms with van der Waals surface area (Å²) in [5.74, 6) is 0.0757. The van der Waals surface area contributed by atoms with Gasteiger partial charge in [-0.1, -0.05) is 42.3 Å². The fourth-order valence-electron chi connectivity index (χ4n) is 3.72. The van der Waals surface area contributed by atoms with E-state index in [9.17, 15) is 12.8 Å². The Bertz CT molecular complexity index is 1170. The van der Waals surface area contributed by atoms with Crippen molar-refractivity contribution in [3.8, 4) is 0 Å². The molecule has 0 radical (unpaired) electrons. The van der Waals surface area contributed by atoms with E-state index in [1.165, 1.54) is 30.5 Å². The summed E-state index contributed by atoms with van der Waals surface area (Å²) in [6.45, 7) is 3.55. The molecule has 1 aliphatic heterocycles. The maximum absolute atomic E-state index is 14.4. The van der Waals surface area contributed by atoms with Crippen LogP contribution in [0.25, 0.3) is 10.9 Å². The van der Waals surface area contributed by atoms with Gasteiger partial charge in [-0.15, -0.1) is 0 Å². The standard InChI is InChI=1S/C21H19Cl2FN2O2S/c1-13-5-7-26(8-6-13)21-17-3-2-4-18(24)20(17)25-12-19(21)29(27,28)16-10-14(22)9-15(23)11-16/h2-4,9-13H,5-8H2,1H3. The van der Waals surface area contributed by atoms with E-state index in [-0.39, 0.29) is 25.4 Å². The second-order valence-electron chi connectivity index (χ2n) is 7.39. The molecule has 8 heteroatoms. The predicted octanol–water partition coefficient (Wildman–Crippen LogP) is 5.75. The van der Waals surface area contributed by atoms with Gasteiger partial charge in [0.05, 0.1) is 10.6 Å². The zero-order valence-corrected chi connectivity index (χ0v) is 18.0. The van der Waals surface area contributed by atoms with Crippen LogP contribution < -0.4 is 4.90 Å². The summed E-state index contributed by atoms with van der Waals surface area (Å²) in [6.07, 6.45) is 3.10. The fraction of sp³-hybridized carbons (Fsp3) is 0.286. The topological polar surface area (TPSA) is 50.3 Å². The molecular formula is C21H19Cl2FN2O2S. The second kappa shape index (κ2) is 7.74. The largest absolute Gasteiger partial charge is 0.370 e.